The number of hydrogen-bond acceptors (Lipinski definition) is 5. The molecule has 1 amide bonds. The van der Waals surface area contributed by atoms with Gasteiger partial charge in [0, 0.05) is 25.2 Å². The highest BCUT2D eigenvalue weighted by atomic mass is 16.3. The Kier molecular flexibility index (Phi) is 8.96. The van der Waals surface area contributed by atoms with Crippen molar-refractivity contribution in [2.75, 3.05) is 0 Å². The molecule has 1 aliphatic carbocycles. The zero-order valence-corrected chi connectivity index (χ0v) is 16.5. The maximum absolute atomic E-state index is 10.7. The van der Waals surface area contributed by atoms with Crippen LogP contribution in [0.25, 0.3) is 0 Å². The van der Waals surface area contributed by atoms with Crippen LogP contribution in [0.5, 0.6) is 0 Å². The molecule has 156 valence electrons. The van der Waals surface area contributed by atoms with Gasteiger partial charge in [0.1, 0.15) is 11.5 Å². The minimum absolute atomic E-state index is 0.0847. The molecule has 28 heavy (non-hydrogen) atoms. The number of carbonyl (C=O) groups excluding carboxylic acids is 1. The van der Waals surface area contributed by atoms with Gasteiger partial charge in [0.15, 0.2) is 0 Å². The predicted octanol–water partition coefficient (Wildman–Crippen LogP) is 2.40. The second kappa shape index (κ2) is 11.2. The van der Waals surface area contributed by atoms with Gasteiger partial charge in [-0.25, -0.2) is 0 Å². The van der Waals surface area contributed by atoms with Crippen molar-refractivity contribution in [3.8, 4) is 0 Å². The number of hydrogen-bond donors (Lipinski definition) is 4. The summed E-state index contributed by atoms with van der Waals surface area (Å²) in [4.78, 5) is 10.7. The van der Waals surface area contributed by atoms with Crippen LogP contribution in [0.1, 0.15) is 50.0 Å². The molecule has 0 bridgehead atoms. The third-order valence-electron chi connectivity index (χ3n) is 5.32. The summed E-state index contributed by atoms with van der Waals surface area (Å²) in [6.45, 7) is 1.89. The lowest BCUT2D eigenvalue weighted by Gasteiger charge is -2.19. The third-order valence-corrected chi connectivity index (χ3v) is 5.32. The number of carbonyl (C=O) groups is 1. The number of unbranched alkanes of at least 4 members (excludes halogenated alkanes) is 1. The third kappa shape index (κ3) is 7.26. The van der Waals surface area contributed by atoms with Crippen LogP contribution in [-0.4, -0.2) is 39.5 Å². The van der Waals surface area contributed by atoms with Gasteiger partial charge in [0.25, 0.3) is 0 Å². The molecule has 6 heteroatoms. The van der Waals surface area contributed by atoms with Crippen LogP contribution in [0, 0.1) is 18.8 Å². The van der Waals surface area contributed by atoms with Gasteiger partial charge in [-0.2, -0.15) is 0 Å². The number of allylic oxidation sites excluding steroid dienone is 2. The topological polar surface area (TPSA) is 117 Å². The molecule has 1 aromatic rings. The lowest BCUT2D eigenvalue weighted by atomic mass is 9.89. The highest BCUT2D eigenvalue weighted by Gasteiger charge is 2.39. The molecule has 1 fully saturated rings. The van der Waals surface area contributed by atoms with E-state index in [9.17, 15) is 20.1 Å². The Bertz CT molecular complexity index is 666. The van der Waals surface area contributed by atoms with Crippen molar-refractivity contribution in [2.24, 2.45) is 17.6 Å². The molecule has 1 aromatic heterocycles. The molecule has 5 atom stereocenters. The zero-order valence-electron chi connectivity index (χ0n) is 16.5. The van der Waals surface area contributed by atoms with Gasteiger partial charge in [-0.3, -0.25) is 4.79 Å². The van der Waals surface area contributed by atoms with E-state index in [4.69, 9.17) is 10.2 Å². The van der Waals surface area contributed by atoms with Gasteiger partial charge in [-0.1, -0.05) is 24.3 Å². The first-order valence-electron chi connectivity index (χ1n) is 10.1. The smallest absolute Gasteiger partial charge is 0.217 e. The van der Waals surface area contributed by atoms with E-state index in [1.54, 1.807) is 6.08 Å². The molecule has 6 nitrogen and oxygen atoms in total. The maximum Gasteiger partial charge on any atom is 0.217 e. The zero-order chi connectivity index (χ0) is 20.5. The minimum atomic E-state index is -0.625. The highest BCUT2D eigenvalue weighted by molar-refractivity contribution is 5.73. The SMILES string of the molecule is Cc1ccc(CCC(O)C=C[C@H]2C(O)CC(O)[C@@H]2CC=CCCCC(N)=O)o1. The average Bonchev–Trinajstić information content (AvgIpc) is 3.16. The lowest BCUT2D eigenvalue weighted by molar-refractivity contribution is -0.118. The lowest BCUT2D eigenvalue weighted by Crippen LogP contribution is -2.20. The summed E-state index contributed by atoms with van der Waals surface area (Å²) in [5.41, 5.74) is 5.11. The van der Waals surface area contributed by atoms with Crippen molar-refractivity contribution in [1.82, 2.24) is 0 Å². The molecule has 0 aromatic carbocycles. The Morgan fingerprint density at radius 3 is 2.79 bits per heavy atom. The van der Waals surface area contributed by atoms with E-state index in [0.717, 1.165) is 17.9 Å². The summed E-state index contributed by atoms with van der Waals surface area (Å²) in [5, 5.41) is 30.7. The predicted molar refractivity (Wildman–Crippen MR) is 107 cm³/mol. The molecular formula is C22H33NO5. The molecule has 2 rings (SSSR count). The molecule has 0 aliphatic heterocycles. The van der Waals surface area contributed by atoms with Crippen molar-refractivity contribution >= 4 is 5.91 Å². The number of nitrogens with two attached hydrogens (primary N) is 1. The maximum atomic E-state index is 10.7. The molecule has 1 heterocycles. The number of aliphatic hydroxyl groups is 3. The van der Waals surface area contributed by atoms with Crippen LogP contribution in [0.3, 0.4) is 0 Å². The number of aliphatic hydroxyl groups excluding tert-OH is 3. The van der Waals surface area contributed by atoms with Crippen LogP contribution in [0.2, 0.25) is 0 Å². The van der Waals surface area contributed by atoms with Crippen molar-refractivity contribution < 1.29 is 24.5 Å². The first kappa shape index (κ1) is 22.4. The van der Waals surface area contributed by atoms with Crippen LogP contribution in [0.15, 0.2) is 40.9 Å². The standard InChI is InChI=1S/C22H33NO5/c1-15-8-11-17(28-15)12-9-16(24)10-13-19-18(20(25)14-21(19)26)6-4-2-3-5-7-22(23)27/h2,4,8,10-11,13,16,18-21,24-26H,3,5-7,9,12,14H2,1H3,(H2,23,27)/t16?,18-,19-,20?,21?/m1/s1. The van der Waals surface area contributed by atoms with E-state index in [1.165, 1.54) is 0 Å². The molecule has 0 spiro atoms. The average molecular weight is 392 g/mol. The van der Waals surface area contributed by atoms with Crippen LogP contribution < -0.4 is 5.73 Å². The molecule has 5 N–H and O–H groups in total. The van der Waals surface area contributed by atoms with Gasteiger partial charge in [-0.15, -0.1) is 0 Å². The summed E-state index contributed by atoms with van der Waals surface area (Å²) in [6, 6.07) is 3.81. The Hall–Kier alpha value is -1.89. The molecule has 0 saturated heterocycles. The Morgan fingerprint density at radius 2 is 2.11 bits per heavy atom. The number of rotatable bonds is 11. The number of aryl methyl sites for hydroxylation is 2. The summed E-state index contributed by atoms with van der Waals surface area (Å²) in [7, 11) is 0. The second-order valence-corrected chi connectivity index (χ2v) is 7.68. The normalized spacial score (nSPS) is 26.4. The summed E-state index contributed by atoms with van der Waals surface area (Å²) < 4.78 is 5.50. The van der Waals surface area contributed by atoms with E-state index < -0.39 is 18.3 Å². The van der Waals surface area contributed by atoms with Crippen LogP contribution in [0.4, 0.5) is 0 Å². The van der Waals surface area contributed by atoms with Gasteiger partial charge in [-0.05, 0) is 50.7 Å². The first-order valence-corrected chi connectivity index (χ1v) is 10.1. The quantitative estimate of drug-likeness (QED) is 0.341. The number of primary amides is 1. The first-order chi connectivity index (χ1) is 13.4. The van der Waals surface area contributed by atoms with Gasteiger partial charge in [0.05, 0.1) is 18.3 Å². The van der Waals surface area contributed by atoms with Crippen LogP contribution in [-0.2, 0) is 11.2 Å². The van der Waals surface area contributed by atoms with Crippen molar-refractivity contribution in [3.63, 3.8) is 0 Å². The van der Waals surface area contributed by atoms with E-state index in [1.807, 2.05) is 37.3 Å². The largest absolute Gasteiger partial charge is 0.466 e. The van der Waals surface area contributed by atoms with Gasteiger partial charge in [0.2, 0.25) is 5.91 Å². The monoisotopic (exact) mass is 391 g/mol. The Morgan fingerprint density at radius 1 is 1.32 bits per heavy atom. The van der Waals surface area contributed by atoms with Crippen molar-refractivity contribution in [1.29, 1.82) is 0 Å². The fourth-order valence-electron chi connectivity index (χ4n) is 3.73. The van der Waals surface area contributed by atoms with Crippen molar-refractivity contribution in [3.05, 3.63) is 48.0 Å². The summed E-state index contributed by atoms with van der Waals surface area (Å²) in [5.74, 6) is 1.13. The fraction of sp³-hybridized carbons (Fsp3) is 0.591. The van der Waals surface area contributed by atoms with E-state index in [2.05, 4.69) is 0 Å². The van der Waals surface area contributed by atoms with Crippen molar-refractivity contribution in [2.45, 2.75) is 70.2 Å². The second-order valence-electron chi connectivity index (χ2n) is 7.68. The highest BCUT2D eigenvalue weighted by Crippen LogP contribution is 2.36. The number of amides is 1. The molecule has 3 unspecified atom stereocenters. The molecular weight excluding hydrogens is 358 g/mol. The van der Waals surface area contributed by atoms with Gasteiger partial charge < -0.3 is 25.5 Å². The van der Waals surface area contributed by atoms with E-state index >= 15 is 0 Å². The van der Waals surface area contributed by atoms with Crippen LogP contribution >= 0.6 is 0 Å². The fourth-order valence-corrected chi connectivity index (χ4v) is 3.73. The summed E-state index contributed by atoms with van der Waals surface area (Å²) >= 11 is 0. The van der Waals surface area contributed by atoms with Gasteiger partial charge >= 0.3 is 0 Å². The molecule has 0 radical (unpaired) electrons. The molecule has 1 aliphatic rings. The summed E-state index contributed by atoms with van der Waals surface area (Å²) in [6.07, 6.45) is 9.75. The number of furan rings is 1. The minimum Gasteiger partial charge on any atom is -0.466 e. The Labute approximate surface area is 166 Å². The Balaban J connectivity index is 1.81. The van der Waals surface area contributed by atoms with E-state index in [0.29, 0.717) is 38.5 Å². The molecule has 1 saturated carbocycles. The van der Waals surface area contributed by atoms with E-state index in [-0.39, 0.29) is 17.7 Å².